The average molecular weight is 332 g/mol. The molecule has 2 aromatic rings. The van der Waals surface area contributed by atoms with Crippen LogP contribution >= 0.6 is 15.9 Å². The second-order valence-electron chi connectivity index (χ2n) is 4.47. The summed E-state index contributed by atoms with van der Waals surface area (Å²) >= 11 is 3.33. The highest BCUT2D eigenvalue weighted by atomic mass is 79.9. The molecule has 1 unspecified atom stereocenters. The van der Waals surface area contributed by atoms with Gasteiger partial charge in [0, 0.05) is 10.0 Å². The SMILES string of the molecule is Cc1cc(F)cc(C(=O)C(C#N)c2ccccc2Br)c1. The van der Waals surface area contributed by atoms with Gasteiger partial charge in [0.1, 0.15) is 11.7 Å². The summed E-state index contributed by atoms with van der Waals surface area (Å²) in [7, 11) is 0. The van der Waals surface area contributed by atoms with Gasteiger partial charge >= 0.3 is 0 Å². The first-order chi connectivity index (χ1) is 9.52. The van der Waals surface area contributed by atoms with E-state index in [4.69, 9.17) is 0 Å². The third-order valence-corrected chi connectivity index (χ3v) is 3.66. The molecule has 1 atom stereocenters. The zero-order valence-electron chi connectivity index (χ0n) is 10.7. The summed E-state index contributed by atoms with van der Waals surface area (Å²) < 4.78 is 14.1. The summed E-state index contributed by atoms with van der Waals surface area (Å²) in [5.74, 6) is -1.83. The van der Waals surface area contributed by atoms with Gasteiger partial charge in [-0.05, 0) is 42.3 Å². The quantitative estimate of drug-likeness (QED) is 0.783. The lowest BCUT2D eigenvalue weighted by molar-refractivity contribution is 0.0978. The zero-order chi connectivity index (χ0) is 14.7. The van der Waals surface area contributed by atoms with Crippen molar-refractivity contribution in [1.29, 1.82) is 5.26 Å². The predicted molar refractivity (Wildman–Crippen MR) is 78.0 cm³/mol. The molecule has 0 bridgehead atoms. The molecule has 0 aliphatic rings. The highest BCUT2D eigenvalue weighted by Gasteiger charge is 2.24. The van der Waals surface area contributed by atoms with Gasteiger partial charge in [0.25, 0.3) is 0 Å². The number of hydrogen-bond acceptors (Lipinski definition) is 2. The number of nitrogens with zero attached hydrogens (tertiary/aromatic N) is 1. The molecule has 2 aromatic carbocycles. The molecule has 0 aliphatic carbocycles. The van der Waals surface area contributed by atoms with Crippen molar-refractivity contribution in [2.24, 2.45) is 0 Å². The van der Waals surface area contributed by atoms with E-state index in [1.807, 2.05) is 6.07 Å². The minimum Gasteiger partial charge on any atom is -0.292 e. The Kier molecular flexibility index (Phi) is 4.31. The molecule has 20 heavy (non-hydrogen) atoms. The van der Waals surface area contributed by atoms with Crippen LogP contribution in [0.15, 0.2) is 46.9 Å². The number of rotatable bonds is 3. The van der Waals surface area contributed by atoms with Crippen molar-refractivity contribution >= 4 is 21.7 Å². The van der Waals surface area contributed by atoms with Crippen LogP contribution in [-0.2, 0) is 0 Å². The lowest BCUT2D eigenvalue weighted by Crippen LogP contribution is -2.12. The van der Waals surface area contributed by atoms with Gasteiger partial charge in [-0.25, -0.2) is 4.39 Å². The molecule has 0 fully saturated rings. The smallest absolute Gasteiger partial charge is 0.184 e. The Hall–Kier alpha value is -1.99. The predicted octanol–water partition coefficient (Wildman–Crippen LogP) is 4.39. The van der Waals surface area contributed by atoms with Gasteiger partial charge in [-0.1, -0.05) is 34.1 Å². The van der Waals surface area contributed by atoms with Crippen LogP contribution < -0.4 is 0 Å². The van der Waals surface area contributed by atoms with Gasteiger partial charge in [0.2, 0.25) is 0 Å². The normalized spacial score (nSPS) is 11.7. The number of ketones is 1. The van der Waals surface area contributed by atoms with Crippen LogP contribution in [0.2, 0.25) is 0 Å². The van der Waals surface area contributed by atoms with E-state index in [0.29, 0.717) is 15.6 Å². The molecular weight excluding hydrogens is 321 g/mol. The van der Waals surface area contributed by atoms with Crippen LogP contribution in [0.25, 0.3) is 0 Å². The molecule has 4 heteroatoms. The zero-order valence-corrected chi connectivity index (χ0v) is 12.3. The third-order valence-electron chi connectivity index (χ3n) is 2.93. The Morgan fingerprint density at radius 3 is 2.60 bits per heavy atom. The first-order valence-electron chi connectivity index (χ1n) is 5.98. The molecule has 2 rings (SSSR count). The Morgan fingerprint density at radius 2 is 2.00 bits per heavy atom. The monoisotopic (exact) mass is 331 g/mol. The van der Waals surface area contributed by atoms with Crippen LogP contribution in [0.5, 0.6) is 0 Å². The van der Waals surface area contributed by atoms with E-state index < -0.39 is 17.5 Å². The van der Waals surface area contributed by atoms with Gasteiger partial charge in [0.15, 0.2) is 5.78 Å². The van der Waals surface area contributed by atoms with Crippen LogP contribution in [0.3, 0.4) is 0 Å². The molecule has 0 spiro atoms. The number of carbonyl (C=O) groups excluding carboxylic acids is 1. The van der Waals surface area contributed by atoms with Crippen molar-refractivity contribution in [2.45, 2.75) is 12.8 Å². The number of Topliss-reactive ketones (excluding diaryl/α,β-unsaturated/α-hetero) is 1. The van der Waals surface area contributed by atoms with E-state index in [0.717, 1.165) is 6.07 Å². The van der Waals surface area contributed by atoms with Crippen LogP contribution in [-0.4, -0.2) is 5.78 Å². The fraction of sp³-hybridized carbons (Fsp3) is 0.125. The molecule has 0 aromatic heterocycles. The minimum absolute atomic E-state index is 0.213. The minimum atomic E-state index is -0.952. The summed E-state index contributed by atoms with van der Waals surface area (Å²) in [4.78, 5) is 12.4. The molecular formula is C16H11BrFNO. The standard InChI is InChI=1S/C16H11BrFNO/c1-10-6-11(8-12(18)7-10)16(20)14(9-19)13-4-2-3-5-15(13)17/h2-8,14H,1H3. The Morgan fingerprint density at radius 1 is 1.30 bits per heavy atom. The van der Waals surface area contributed by atoms with Gasteiger partial charge in [0.05, 0.1) is 6.07 Å². The average Bonchev–Trinajstić information content (AvgIpc) is 2.40. The van der Waals surface area contributed by atoms with Crippen LogP contribution in [0, 0.1) is 24.1 Å². The second-order valence-corrected chi connectivity index (χ2v) is 5.32. The molecule has 0 N–H and O–H groups in total. The van der Waals surface area contributed by atoms with Gasteiger partial charge < -0.3 is 0 Å². The molecule has 2 nitrogen and oxygen atoms in total. The van der Waals surface area contributed by atoms with Gasteiger partial charge in [-0.15, -0.1) is 0 Å². The summed E-state index contributed by atoms with van der Waals surface area (Å²) in [5, 5.41) is 9.29. The van der Waals surface area contributed by atoms with Crippen LogP contribution in [0.1, 0.15) is 27.4 Å². The Balaban J connectivity index is 2.45. The molecule has 0 saturated carbocycles. The number of benzene rings is 2. The first-order valence-corrected chi connectivity index (χ1v) is 6.77. The molecule has 0 amide bonds. The summed E-state index contributed by atoms with van der Waals surface area (Å²) in [6, 6.07) is 13.1. The fourth-order valence-electron chi connectivity index (χ4n) is 2.02. The summed E-state index contributed by atoms with van der Waals surface area (Å²) in [6.07, 6.45) is 0. The van der Waals surface area contributed by atoms with Crippen molar-refractivity contribution in [3.05, 3.63) is 69.4 Å². The molecule has 0 heterocycles. The van der Waals surface area contributed by atoms with Gasteiger partial charge in [-0.2, -0.15) is 5.26 Å². The van der Waals surface area contributed by atoms with E-state index in [9.17, 15) is 14.4 Å². The number of nitriles is 1. The van der Waals surface area contributed by atoms with Crippen molar-refractivity contribution in [2.75, 3.05) is 0 Å². The molecule has 100 valence electrons. The van der Waals surface area contributed by atoms with E-state index in [2.05, 4.69) is 15.9 Å². The fourth-order valence-corrected chi connectivity index (χ4v) is 2.54. The maximum atomic E-state index is 13.4. The summed E-state index contributed by atoms with van der Waals surface area (Å²) in [5.41, 5.74) is 1.45. The lowest BCUT2D eigenvalue weighted by Gasteiger charge is -2.11. The third kappa shape index (κ3) is 2.94. The Labute approximate surface area is 125 Å². The van der Waals surface area contributed by atoms with Crippen LogP contribution in [0.4, 0.5) is 4.39 Å². The molecule has 0 aliphatic heterocycles. The molecule has 0 saturated heterocycles. The number of aryl methyl sites for hydroxylation is 1. The lowest BCUT2D eigenvalue weighted by atomic mass is 9.91. The summed E-state index contributed by atoms with van der Waals surface area (Å²) in [6.45, 7) is 1.71. The number of hydrogen-bond donors (Lipinski definition) is 0. The number of halogens is 2. The maximum absolute atomic E-state index is 13.4. The number of carbonyl (C=O) groups is 1. The maximum Gasteiger partial charge on any atom is 0.184 e. The highest BCUT2D eigenvalue weighted by Crippen LogP contribution is 2.27. The van der Waals surface area contributed by atoms with Crippen molar-refractivity contribution in [3.8, 4) is 6.07 Å². The van der Waals surface area contributed by atoms with E-state index in [-0.39, 0.29) is 5.56 Å². The highest BCUT2D eigenvalue weighted by molar-refractivity contribution is 9.10. The Bertz CT molecular complexity index is 686. The van der Waals surface area contributed by atoms with E-state index in [1.54, 1.807) is 37.3 Å². The van der Waals surface area contributed by atoms with E-state index >= 15 is 0 Å². The second kappa shape index (κ2) is 5.98. The molecule has 0 radical (unpaired) electrons. The van der Waals surface area contributed by atoms with E-state index in [1.165, 1.54) is 6.07 Å². The van der Waals surface area contributed by atoms with Crippen molar-refractivity contribution in [3.63, 3.8) is 0 Å². The largest absolute Gasteiger partial charge is 0.292 e. The topological polar surface area (TPSA) is 40.9 Å². The van der Waals surface area contributed by atoms with Gasteiger partial charge in [-0.3, -0.25) is 4.79 Å². The van der Waals surface area contributed by atoms with Crippen molar-refractivity contribution < 1.29 is 9.18 Å². The first kappa shape index (κ1) is 14.4. The van der Waals surface area contributed by atoms with Crippen molar-refractivity contribution in [1.82, 2.24) is 0 Å².